The molecule has 0 aromatic heterocycles. The minimum Gasteiger partial charge on any atom is -0.504 e. The van der Waals surface area contributed by atoms with E-state index in [2.05, 4.69) is 18.6 Å². The zero-order valence-corrected chi connectivity index (χ0v) is 12.3. The first-order valence-corrected chi connectivity index (χ1v) is 7.34. The minimum absolute atomic E-state index is 0.0187. The van der Waals surface area contributed by atoms with Crippen molar-refractivity contribution in [1.82, 2.24) is 0 Å². The van der Waals surface area contributed by atoms with Gasteiger partial charge in [0.1, 0.15) is 0 Å². The van der Waals surface area contributed by atoms with Crippen LogP contribution < -0.4 is 4.74 Å². The van der Waals surface area contributed by atoms with E-state index in [1.807, 2.05) is 6.07 Å². The second kappa shape index (κ2) is 8.46. The number of hydrogen-bond acceptors (Lipinski definition) is 3. The van der Waals surface area contributed by atoms with Gasteiger partial charge in [0, 0.05) is 5.56 Å². The highest BCUT2D eigenvalue weighted by Crippen LogP contribution is 2.34. The van der Waals surface area contributed by atoms with Crippen LogP contribution in [0.15, 0.2) is 12.1 Å². The standard InChI is InChI=1S/C16H24O4/c1-3-5-7-8-12-10-11-14(20-16(18)19)15(17)13(12)9-6-4-2/h10-11,17H,3-9H2,1-2H3,(H,18,19). The molecule has 112 valence electrons. The first-order valence-electron chi connectivity index (χ1n) is 7.34. The molecule has 0 aliphatic rings. The molecule has 4 nitrogen and oxygen atoms in total. The van der Waals surface area contributed by atoms with Crippen LogP contribution >= 0.6 is 0 Å². The lowest BCUT2D eigenvalue weighted by Gasteiger charge is -2.14. The molecule has 0 aliphatic heterocycles. The molecular weight excluding hydrogens is 256 g/mol. The smallest absolute Gasteiger partial charge is 0.504 e. The average molecular weight is 280 g/mol. The monoisotopic (exact) mass is 280 g/mol. The molecule has 0 saturated carbocycles. The molecule has 20 heavy (non-hydrogen) atoms. The molecule has 1 aromatic rings. The van der Waals surface area contributed by atoms with Crippen molar-refractivity contribution >= 4 is 6.16 Å². The van der Waals surface area contributed by atoms with E-state index in [4.69, 9.17) is 5.11 Å². The Morgan fingerprint density at radius 3 is 2.40 bits per heavy atom. The van der Waals surface area contributed by atoms with Gasteiger partial charge in [0.25, 0.3) is 0 Å². The number of carboxylic acid groups (broad SMARTS) is 1. The zero-order chi connectivity index (χ0) is 15.0. The molecule has 0 heterocycles. The van der Waals surface area contributed by atoms with Crippen LogP contribution in [0.3, 0.4) is 0 Å². The second-order valence-corrected chi connectivity index (χ2v) is 4.98. The van der Waals surface area contributed by atoms with Crippen molar-refractivity contribution in [1.29, 1.82) is 0 Å². The molecular formula is C16H24O4. The SMILES string of the molecule is CCCCCc1ccc(OC(=O)O)c(O)c1CCCC. The van der Waals surface area contributed by atoms with Crippen molar-refractivity contribution in [2.24, 2.45) is 0 Å². The van der Waals surface area contributed by atoms with E-state index in [1.54, 1.807) is 6.07 Å². The van der Waals surface area contributed by atoms with E-state index in [9.17, 15) is 9.90 Å². The fourth-order valence-corrected chi connectivity index (χ4v) is 2.27. The number of aryl methyl sites for hydroxylation is 1. The number of carbonyl (C=O) groups is 1. The Hall–Kier alpha value is -1.71. The van der Waals surface area contributed by atoms with Crippen molar-refractivity contribution < 1.29 is 19.7 Å². The van der Waals surface area contributed by atoms with Crippen LogP contribution in [0.2, 0.25) is 0 Å². The van der Waals surface area contributed by atoms with Crippen molar-refractivity contribution in [3.63, 3.8) is 0 Å². The number of benzene rings is 1. The summed E-state index contributed by atoms with van der Waals surface area (Å²) in [7, 11) is 0. The highest BCUT2D eigenvalue weighted by atomic mass is 16.7. The average Bonchev–Trinajstić information content (AvgIpc) is 2.41. The van der Waals surface area contributed by atoms with E-state index < -0.39 is 6.16 Å². The molecule has 0 aliphatic carbocycles. The van der Waals surface area contributed by atoms with Crippen molar-refractivity contribution in [3.05, 3.63) is 23.3 Å². The summed E-state index contributed by atoms with van der Waals surface area (Å²) < 4.78 is 4.61. The third-order valence-corrected chi connectivity index (χ3v) is 3.37. The molecule has 1 aromatic carbocycles. The van der Waals surface area contributed by atoms with Crippen molar-refractivity contribution in [2.45, 2.75) is 58.8 Å². The van der Waals surface area contributed by atoms with Crippen LogP contribution in [-0.4, -0.2) is 16.4 Å². The summed E-state index contributed by atoms with van der Waals surface area (Å²) >= 11 is 0. The fourth-order valence-electron chi connectivity index (χ4n) is 2.27. The van der Waals surface area contributed by atoms with Gasteiger partial charge in [-0.15, -0.1) is 0 Å². The molecule has 0 bridgehead atoms. The third kappa shape index (κ3) is 4.76. The fraction of sp³-hybridized carbons (Fsp3) is 0.562. The number of unbranched alkanes of at least 4 members (excludes halogenated alkanes) is 3. The quantitative estimate of drug-likeness (QED) is 0.417. The number of ether oxygens (including phenoxy) is 1. The van der Waals surface area contributed by atoms with Gasteiger partial charge in [0.2, 0.25) is 0 Å². The van der Waals surface area contributed by atoms with Crippen molar-refractivity contribution in [3.8, 4) is 11.5 Å². The van der Waals surface area contributed by atoms with Gasteiger partial charge in [0.15, 0.2) is 11.5 Å². The maximum Gasteiger partial charge on any atom is 0.511 e. The lowest BCUT2D eigenvalue weighted by atomic mass is 9.96. The largest absolute Gasteiger partial charge is 0.511 e. The van der Waals surface area contributed by atoms with Crippen LogP contribution in [0, 0.1) is 0 Å². The maximum atomic E-state index is 10.6. The number of aromatic hydroxyl groups is 1. The number of phenols is 1. The Balaban J connectivity index is 2.97. The molecule has 0 fully saturated rings. The molecule has 0 radical (unpaired) electrons. The maximum absolute atomic E-state index is 10.6. The molecule has 0 amide bonds. The highest BCUT2D eigenvalue weighted by molar-refractivity contribution is 5.64. The Morgan fingerprint density at radius 1 is 1.10 bits per heavy atom. The predicted molar refractivity (Wildman–Crippen MR) is 78.6 cm³/mol. The molecule has 4 heteroatoms. The highest BCUT2D eigenvalue weighted by Gasteiger charge is 2.15. The Bertz CT molecular complexity index is 440. The summed E-state index contributed by atoms with van der Waals surface area (Å²) in [6, 6.07) is 3.42. The van der Waals surface area contributed by atoms with E-state index in [0.717, 1.165) is 56.1 Å². The van der Waals surface area contributed by atoms with Crippen LogP contribution in [0.1, 0.15) is 57.1 Å². The number of hydrogen-bond donors (Lipinski definition) is 2. The summed E-state index contributed by atoms with van der Waals surface area (Å²) in [5, 5.41) is 18.9. The Kier molecular flexibility index (Phi) is 6.91. The van der Waals surface area contributed by atoms with Gasteiger partial charge in [-0.1, -0.05) is 39.2 Å². The van der Waals surface area contributed by atoms with Crippen molar-refractivity contribution in [2.75, 3.05) is 0 Å². The van der Waals surface area contributed by atoms with Crippen LogP contribution in [0.25, 0.3) is 0 Å². The van der Waals surface area contributed by atoms with E-state index >= 15 is 0 Å². The molecule has 0 saturated heterocycles. The molecule has 0 spiro atoms. The Morgan fingerprint density at radius 2 is 1.80 bits per heavy atom. The lowest BCUT2D eigenvalue weighted by molar-refractivity contribution is 0.142. The molecule has 2 N–H and O–H groups in total. The molecule has 0 atom stereocenters. The Labute approximate surface area is 120 Å². The summed E-state index contributed by atoms with van der Waals surface area (Å²) in [5.41, 5.74) is 1.93. The third-order valence-electron chi connectivity index (χ3n) is 3.37. The van der Waals surface area contributed by atoms with E-state index in [0.29, 0.717) is 0 Å². The van der Waals surface area contributed by atoms with E-state index in [-0.39, 0.29) is 11.5 Å². The zero-order valence-electron chi connectivity index (χ0n) is 12.3. The van der Waals surface area contributed by atoms with Crippen LogP contribution in [0.5, 0.6) is 11.5 Å². The van der Waals surface area contributed by atoms with Gasteiger partial charge in [-0.3, -0.25) is 0 Å². The van der Waals surface area contributed by atoms with E-state index in [1.165, 1.54) is 0 Å². The van der Waals surface area contributed by atoms with Gasteiger partial charge in [-0.25, -0.2) is 4.79 Å². The summed E-state index contributed by atoms with van der Waals surface area (Å²) in [6.45, 7) is 4.24. The molecule has 1 rings (SSSR count). The topological polar surface area (TPSA) is 66.8 Å². The van der Waals surface area contributed by atoms with Gasteiger partial charge in [-0.2, -0.15) is 0 Å². The normalized spacial score (nSPS) is 10.5. The van der Waals surface area contributed by atoms with Crippen LogP contribution in [-0.2, 0) is 12.8 Å². The predicted octanol–water partition coefficient (Wildman–Crippen LogP) is 4.52. The second-order valence-electron chi connectivity index (χ2n) is 4.98. The first kappa shape index (κ1) is 16.3. The van der Waals surface area contributed by atoms with Gasteiger partial charge >= 0.3 is 6.16 Å². The summed E-state index contributed by atoms with van der Waals surface area (Å²) in [4.78, 5) is 10.6. The van der Waals surface area contributed by atoms with Gasteiger partial charge < -0.3 is 14.9 Å². The van der Waals surface area contributed by atoms with Crippen LogP contribution in [0.4, 0.5) is 4.79 Å². The minimum atomic E-state index is -1.40. The molecule has 0 unspecified atom stereocenters. The summed E-state index contributed by atoms with van der Waals surface area (Å²) in [5.74, 6) is 0.0118. The first-order chi connectivity index (χ1) is 9.60. The number of phenolic OH excluding ortho intramolecular Hbond substituents is 1. The number of rotatable bonds is 8. The van der Waals surface area contributed by atoms with Gasteiger partial charge in [-0.05, 0) is 37.3 Å². The van der Waals surface area contributed by atoms with Gasteiger partial charge in [0.05, 0.1) is 0 Å². The lowest BCUT2D eigenvalue weighted by Crippen LogP contribution is -2.05. The summed E-state index contributed by atoms with van der Waals surface area (Å²) in [6.07, 6.45) is 5.63.